The van der Waals surface area contributed by atoms with Crippen molar-refractivity contribution in [2.45, 2.75) is 64.8 Å². The second-order valence-electron chi connectivity index (χ2n) is 7.32. The first-order chi connectivity index (χ1) is 8.05. The number of nitrogens with one attached hydrogen (secondary N) is 1. The van der Waals surface area contributed by atoms with Crippen LogP contribution in [-0.2, 0) is 4.79 Å². The summed E-state index contributed by atoms with van der Waals surface area (Å²) in [6.07, 6.45) is 9.20. The van der Waals surface area contributed by atoms with E-state index in [2.05, 4.69) is 19.2 Å². The van der Waals surface area contributed by atoms with Gasteiger partial charge in [-0.25, -0.2) is 0 Å². The minimum absolute atomic E-state index is 0.288. The van der Waals surface area contributed by atoms with Gasteiger partial charge < -0.3 is 5.32 Å². The van der Waals surface area contributed by atoms with Crippen LogP contribution in [0.5, 0.6) is 0 Å². The van der Waals surface area contributed by atoms with Gasteiger partial charge in [0.2, 0.25) is 5.91 Å². The molecule has 2 nitrogen and oxygen atoms in total. The summed E-state index contributed by atoms with van der Waals surface area (Å²) < 4.78 is 0. The Hall–Kier alpha value is -0.530. The molecule has 4 aliphatic carbocycles. The lowest BCUT2D eigenvalue weighted by Gasteiger charge is -2.56. The molecule has 0 aromatic rings. The first kappa shape index (κ1) is 11.6. The monoisotopic (exact) mass is 235 g/mol. The number of hydrogen-bond donors (Lipinski definition) is 1. The lowest BCUT2D eigenvalue weighted by atomic mass is 9.49. The van der Waals surface area contributed by atoms with Crippen molar-refractivity contribution in [3.05, 3.63) is 0 Å². The summed E-state index contributed by atoms with van der Waals surface area (Å²) in [6, 6.07) is 0.288. The second-order valence-corrected chi connectivity index (χ2v) is 7.32. The average molecular weight is 235 g/mol. The lowest BCUT2D eigenvalue weighted by molar-refractivity contribution is -0.129. The highest BCUT2D eigenvalue weighted by atomic mass is 16.1. The third kappa shape index (κ3) is 2.23. The van der Waals surface area contributed by atoms with Crippen LogP contribution < -0.4 is 5.32 Å². The van der Waals surface area contributed by atoms with Gasteiger partial charge in [0.1, 0.15) is 0 Å². The number of carbonyl (C=O) groups is 1. The number of hydrogen-bond acceptors (Lipinski definition) is 1. The van der Waals surface area contributed by atoms with Crippen molar-refractivity contribution >= 4 is 5.91 Å². The van der Waals surface area contributed by atoms with E-state index < -0.39 is 0 Å². The first-order valence-electron chi connectivity index (χ1n) is 7.34. The van der Waals surface area contributed by atoms with Crippen molar-refractivity contribution in [3.63, 3.8) is 0 Å². The molecule has 0 unspecified atom stereocenters. The van der Waals surface area contributed by atoms with Gasteiger partial charge in [-0.05, 0) is 75.5 Å². The number of carbonyl (C=O) groups excluding carboxylic acids is 1. The van der Waals surface area contributed by atoms with Gasteiger partial charge in [-0.15, -0.1) is 0 Å². The Kier molecular flexibility index (Phi) is 2.72. The van der Waals surface area contributed by atoms with E-state index in [-0.39, 0.29) is 6.04 Å². The first-order valence-corrected chi connectivity index (χ1v) is 7.34. The lowest BCUT2D eigenvalue weighted by Crippen LogP contribution is -2.48. The Labute approximate surface area is 105 Å². The van der Waals surface area contributed by atoms with Crippen LogP contribution in [0.3, 0.4) is 0 Å². The van der Waals surface area contributed by atoms with Gasteiger partial charge in [0.05, 0.1) is 0 Å². The standard InChI is InChI=1S/C15H25NO/c1-10(2)16-14(17)9-15-6-11-3-12(7-15)5-13(4-11)8-15/h10-13H,3-9H2,1-2H3,(H,16,17). The molecule has 2 heteroatoms. The van der Waals surface area contributed by atoms with Crippen molar-refractivity contribution in [2.75, 3.05) is 0 Å². The van der Waals surface area contributed by atoms with Crippen LogP contribution in [-0.4, -0.2) is 11.9 Å². The van der Waals surface area contributed by atoms with E-state index in [9.17, 15) is 4.79 Å². The topological polar surface area (TPSA) is 29.1 Å². The average Bonchev–Trinajstić information content (AvgIpc) is 2.11. The highest BCUT2D eigenvalue weighted by Gasteiger charge is 2.51. The van der Waals surface area contributed by atoms with Crippen molar-refractivity contribution in [2.24, 2.45) is 23.2 Å². The maximum Gasteiger partial charge on any atom is 0.220 e. The number of amides is 1. The Morgan fingerprint density at radius 3 is 2.00 bits per heavy atom. The van der Waals surface area contributed by atoms with E-state index >= 15 is 0 Å². The summed E-state index contributed by atoms with van der Waals surface area (Å²) >= 11 is 0. The Balaban J connectivity index is 1.68. The molecule has 1 amide bonds. The van der Waals surface area contributed by atoms with E-state index in [1.54, 1.807) is 0 Å². The van der Waals surface area contributed by atoms with Crippen LogP contribution in [0.4, 0.5) is 0 Å². The molecule has 0 saturated heterocycles. The van der Waals surface area contributed by atoms with Crippen molar-refractivity contribution in [3.8, 4) is 0 Å². The molecule has 17 heavy (non-hydrogen) atoms. The van der Waals surface area contributed by atoms with Crippen molar-refractivity contribution in [1.82, 2.24) is 5.32 Å². The van der Waals surface area contributed by atoms with Crippen LogP contribution in [0.15, 0.2) is 0 Å². The van der Waals surface area contributed by atoms with Gasteiger partial charge in [-0.1, -0.05) is 0 Å². The molecule has 0 spiro atoms. The largest absolute Gasteiger partial charge is 0.354 e. The smallest absolute Gasteiger partial charge is 0.220 e. The zero-order valence-electron chi connectivity index (χ0n) is 11.2. The van der Waals surface area contributed by atoms with Gasteiger partial charge in [-0.3, -0.25) is 4.79 Å². The third-order valence-electron chi connectivity index (χ3n) is 5.15. The molecular formula is C15H25NO. The van der Waals surface area contributed by atoms with Gasteiger partial charge >= 0.3 is 0 Å². The Morgan fingerprint density at radius 1 is 1.12 bits per heavy atom. The molecule has 0 aliphatic heterocycles. The fourth-order valence-corrected chi connectivity index (χ4v) is 5.22. The molecule has 4 rings (SSSR count). The second kappa shape index (κ2) is 4.00. The highest BCUT2D eigenvalue weighted by molar-refractivity contribution is 5.77. The Morgan fingerprint density at radius 2 is 1.59 bits per heavy atom. The molecule has 96 valence electrons. The summed E-state index contributed by atoms with van der Waals surface area (Å²) in [4.78, 5) is 12.0. The highest BCUT2D eigenvalue weighted by Crippen LogP contribution is 2.61. The maximum absolute atomic E-state index is 12.0. The van der Waals surface area contributed by atoms with Crippen LogP contribution in [0.2, 0.25) is 0 Å². The summed E-state index contributed by atoms with van der Waals surface area (Å²) in [6.45, 7) is 4.11. The molecule has 1 N–H and O–H groups in total. The quantitative estimate of drug-likeness (QED) is 0.800. The maximum atomic E-state index is 12.0. The summed E-state index contributed by atoms with van der Waals surface area (Å²) in [5.41, 5.74) is 0.397. The zero-order chi connectivity index (χ0) is 12.0. The van der Waals surface area contributed by atoms with Gasteiger partial charge in [0.15, 0.2) is 0 Å². The SMILES string of the molecule is CC(C)NC(=O)CC12CC3CC(CC(C3)C1)C2. The van der Waals surface area contributed by atoms with Crippen LogP contribution in [0.25, 0.3) is 0 Å². The molecule has 4 bridgehead atoms. The van der Waals surface area contributed by atoms with E-state index in [4.69, 9.17) is 0 Å². The number of rotatable bonds is 3. The van der Waals surface area contributed by atoms with E-state index in [1.165, 1.54) is 38.5 Å². The van der Waals surface area contributed by atoms with Crippen LogP contribution >= 0.6 is 0 Å². The fraction of sp³-hybridized carbons (Fsp3) is 0.933. The summed E-state index contributed by atoms with van der Waals surface area (Å²) in [7, 11) is 0. The van der Waals surface area contributed by atoms with Crippen molar-refractivity contribution in [1.29, 1.82) is 0 Å². The van der Waals surface area contributed by atoms with Crippen molar-refractivity contribution < 1.29 is 4.79 Å². The molecule has 0 aromatic heterocycles. The minimum Gasteiger partial charge on any atom is -0.354 e. The molecule has 4 aliphatic rings. The predicted octanol–water partition coefficient (Wildman–Crippen LogP) is 3.12. The van der Waals surface area contributed by atoms with E-state index in [1.807, 2.05) is 0 Å². The van der Waals surface area contributed by atoms with Gasteiger partial charge in [-0.2, -0.15) is 0 Å². The normalized spacial score (nSPS) is 43.1. The Bertz CT molecular complexity index is 286. The fourth-order valence-electron chi connectivity index (χ4n) is 5.22. The van der Waals surface area contributed by atoms with E-state index in [0.717, 1.165) is 24.2 Å². The van der Waals surface area contributed by atoms with Gasteiger partial charge in [0.25, 0.3) is 0 Å². The predicted molar refractivity (Wildman–Crippen MR) is 68.5 cm³/mol. The molecule has 0 aromatic carbocycles. The molecule has 0 atom stereocenters. The van der Waals surface area contributed by atoms with Crippen LogP contribution in [0, 0.1) is 23.2 Å². The zero-order valence-corrected chi connectivity index (χ0v) is 11.2. The molecular weight excluding hydrogens is 210 g/mol. The third-order valence-corrected chi connectivity index (χ3v) is 5.15. The molecule has 4 saturated carbocycles. The van der Waals surface area contributed by atoms with Crippen LogP contribution in [0.1, 0.15) is 58.8 Å². The molecule has 4 fully saturated rings. The molecule has 0 heterocycles. The van der Waals surface area contributed by atoms with Gasteiger partial charge in [0, 0.05) is 12.5 Å². The minimum atomic E-state index is 0.288. The summed E-state index contributed by atoms with van der Waals surface area (Å²) in [5, 5.41) is 3.08. The van der Waals surface area contributed by atoms with E-state index in [0.29, 0.717) is 11.3 Å². The molecule has 0 radical (unpaired) electrons. The summed E-state index contributed by atoms with van der Waals surface area (Å²) in [5.74, 6) is 3.15.